The molecule has 0 saturated heterocycles. The van der Waals surface area contributed by atoms with Gasteiger partial charge in [0, 0.05) is 23.4 Å². The molecule has 6 nitrogen and oxygen atoms in total. The van der Waals surface area contributed by atoms with E-state index in [1.165, 1.54) is 0 Å². The van der Waals surface area contributed by atoms with Crippen LogP contribution in [0.1, 0.15) is 30.0 Å². The SMILES string of the molecule is Cc1noc(-c2ccc(C(=O)n3ccccc3=NC(C)C)cc2)n1. The number of hydrogen-bond donors (Lipinski definition) is 0. The van der Waals surface area contributed by atoms with Crippen LogP contribution in [0.2, 0.25) is 0 Å². The van der Waals surface area contributed by atoms with Gasteiger partial charge in [0.2, 0.25) is 0 Å². The predicted octanol–water partition coefficient (Wildman–Crippen LogP) is 2.84. The number of aromatic nitrogens is 3. The summed E-state index contributed by atoms with van der Waals surface area (Å²) in [6, 6.07) is 12.7. The fourth-order valence-corrected chi connectivity index (χ4v) is 2.28. The molecule has 0 aliphatic rings. The van der Waals surface area contributed by atoms with Crippen molar-refractivity contribution < 1.29 is 9.32 Å². The van der Waals surface area contributed by atoms with Crippen molar-refractivity contribution in [2.75, 3.05) is 0 Å². The maximum Gasteiger partial charge on any atom is 0.263 e. The molecule has 0 unspecified atom stereocenters. The van der Waals surface area contributed by atoms with E-state index in [-0.39, 0.29) is 11.9 Å². The van der Waals surface area contributed by atoms with Crippen molar-refractivity contribution in [1.82, 2.24) is 14.7 Å². The van der Waals surface area contributed by atoms with Gasteiger partial charge in [0.1, 0.15) is 5.49 Å². The first-order valence-electron chi connectivity index (χ1n) is 7.71. The second-order valence-corrected chi connectivity index (χ2v) is 5.68. The molecule has 1 aromatic carbocycles. The molecule has 2 heterocycles. The first-order chi connectivity index (χ1) is 11.5. The van der Waals surface area contributed by atoms with Gasteiger partial charge in [0.25, 0.3) is 11.8 Å². The van der Waals surface area contributed by atoms with E-state index in [1.807, 2.05) is 32.0 Å². The van der Waals surface area contributed by atoms with Gasteiger partial charge in [-0.25, -0.2) is 0 Å². The van der Waals surface area contributed by atoms with Gasteiger partial charge in [-0.3, -0.25) is 14.4 Å². The van der Waals surface area contributed by atoms with Crippen LogP contribution in [0.4, 0.5) is 0 Å². The molecule has 0 fully saturated rings. The Balaban J connectivity index is 1.94. The van der Waals surface area contributed by atoms with E-state index in [4.69, 9.17) is 4.52 Å². The lowest BCUT2D eigenvalue weighted by Crippen LogP contribution is -2.28. The normalized spacial score (nSPS) is 11.9. The van der Waals surface area contributed by atoms with Crippen molar-refractivity contribution >= 4 is 5.91 Å². The van der Waals surface area contributed by atoms with Crippen molar-refractivity contribution in [3.05, 3.63) is 65.5 Å². The van der Waals surface area contributed by atoms with Crippen molar-refractivity contribution in [2.45, 2.75) is 26.8 Å². The second-order valence-electron chi connectivity index (χ2n) is 5.68. The standard InChI is InChI=1S/C18H18N4O2/c1-12(2)19-16-6-4-5-11-22(16)18(23)15-9-7-14(8-10-15)17-20-13(3)21-24-17/h4-12H,1-3H3. The summed E-state index contributed by atoms with van der Waals surface area (Å²) in [6.45, 7) is 5.71. The van der Waals surface area contributed by atoms with Crippen LogP contribution in [0, 0.1) is 6.92 Å². The molecule has 0 bridgehead atoms. The Kier molecular flexibility index (Phi) is 4.37. The number of hydrogen-bond acceptors (Lipinski definition) is 5. The highest BCUT2D eigenvalue weighted by Crippen LogP contribution is 2.17. The van der Waals surface area contributed by atoms with Crippen molar-refractivity contribution in [3.63, 3.8) is 0 Å². The highest BCUT2D eigenvalue weighted by molar-refractivity contribution is 5.96. The molecule has 0 atom stereocenters. The molecule has 0 spiro atoms. The zero-order valence-electron chi connectivity index (χ0n) is 13.8. The molecule has 0 aliphatic carbocycles. The highest BCUT2D eigenvalue weighted by Gasteiger charge is 2.11. The Hall–Kier alpha value is -3.02. The van der Waals surface area contributed by atoms with E-state index in [9.17, 15) is 4.79 Å². The molecule has 3 aromatic rings. The minimum atomic E-state index is -0.136. The zero-order valence-corrected chi connectivity index (χ0v) is 13.8. The van der Waals surface area contributed by atoms with Gasteiger partial charge in [-0.15, -0.1) is 0 Å². The Labute approximate surface area is 139 Å². The summed E-state index contributed by atoms with van der Waals surface area (Å²) in [6.07, 6.45) is 1.72. The Morgan fingerprint density at radius 3 is 2.54 bits per heavy atom. The Morgan fingerprint density at radius 1 is 1.17 bits per heavy atom. The molecular weight excluding hydrogens is 304 g/mol. The van der Waals surface area contributed by atoms with Gasteiger partial charge >= 0.3 is 0 Å². The molecule has 0 saturated carbocycles. The lowest BCUT2D eigenvalue weighted by Gasteiger charge is -2.07. The smallest absolute Gasteiger partial charge is 0.263 e. The van der Waals surface area contributed by atoms with Crippen LogP contribution < -0.4 is 5.49 Å². The van der Waals surface area contributed by atoms with E-state index >= 15 is 0 Å². The maximum absolute atomic E-state index is 12.8. The summed E-state index contributed by atoms with van der Waals surface area (Å²) in [5, 5.41) is 3.77. The van der Waals surface area contributed by atoms with Crippen molar-refractivity contribution in [2.24, 2.45) is 4.99 Å². The summed E-state index contributed by atoms with van der Waals surface area (Å²) in [5.41, 5.74) is 1.97. The molecule has 0 N–H and O–H groups in total. The van der Waals surface area contributed by atoms with Gasteiger partial charge in [0.05, 0.1) is 0 Å². The van der Waals surface area contributed by atoms with Gasteiger partial charge in [0.15, 0.2) is 5.82 Å². The number of aryl methyl sites for hydroxylation is 1. The van der Waals surface area contributed by atoms with Gasteiger partial charge in [-0.05, 0) is 57.2 Å². The summed E-state index contributed by atoms with van der Waals surface area (Å²) >= 11 is 0. The minimum absolute atomic E-state index is 0.106. The molecule has 0 amide bonds. The summed E-state index contributed by atoms with van der Waals surface area (Å²) in [7, 11) is 0. The predicted molar refractivity (Wildman–Crippen MR) is 89.3 cm³/mol. The van der Waals surface area contributed by atoms with Gasteiger partial charge in [-0.2, -0.15) is 4.98 Å². The monoisotopic (exact) mass is 322 g/mol. The molecule has 6 heteroatoms. The summed E-state index contributed by atoms with van der Waals surface area (Å²) in [5.74, 6) is 0.877. The van der Waals surface area contributed by atoms with Crippen molar-refractivity contribution in [3.8, 4) is 11.5 Å². The number of pyridine rings is 1. The average Bonchev–Trinajstić information content (AvgIpc) is 3.01. The molecule has 122 valence electrons. The van der Waals surface area contributed by atoms with Crippen LogP contribution >= 0.6 is 0 Å². The van der Waals surface area contributed by atoms with Gasteiger partial charge < -0.3 is 4.52 Å². The largest absolute Gasteiger partial charge is 0.334 e. The van der Waals surface area contributed by atoms with Crippen LogP contribution in [0.3, 0.4) is 0 Å². The van der Waals surface area contributed by atoms with E-state index < -0.39 is 0 Å². The van der Waals surface area contributed by atoms with Crippen LogP contribution in [0.15, 0.2) is 58.2 Å². The average molecular weight is 322 g/mol. The Morgan fingerprint density at radius 2 is 1.92 bits per heavy atom. The van der Waals surface area contributed by atoms with Crippen LogP contribution in [-0.4, -0.2) is 26.7 Å². The lowest BCUT2D eigenvalue weighted by atomic mass is 10.1. The molecule has 3 rings (SSSR count). The summed E-state index contributed by atoms with van der Waals surface area (Å²) < 4.78 is 6.68. The first kappa shape index (κ1) is 15.9. The van der Waals surface area contributed by atoms with E-state index in [0.717, 1.165) is 5.56 Å². The van der Waals surface area contributed by atoms with E-state index in [2.05, 4.69) is 15.1 Å². The Bertz CT molecular complexity index is 920. The third-order valence-electron chi connectivity index (χ3n) is 3.35. The fourth-order valence-electron chi connectivity index (χ4n) is 2.28. The number of nitrogens with zero attached hydrogens (tertiary/aromatic N) is 4. The number of benzene rings is 1. The molecule has 0 radical (unpaired) electrons. The lowest BCUT2D eigenvalue weighted by molar-refractivity contribution is 0.0954. The highest BCUT2D eigenvalue weighted by atomic mass is 16.5. The maximum atomic E-state index is 12.8. The number of rotatable bonds is 3. The zero-order chi connectivity index (χ0) is 17.1. The molecule has 24 heavy (non-hydrogen) atoms. The summed E-state index contributed by atoms with van der Waals surface area (Å²) in [4.78, 5) is 21.4. The van der Waals surface area contributed by atoms with Crippen LogP contribution in [-0.2, 0) is 0 Å². The second kappa shape index (κ2) is 6.62. The van der Waals surface area contributed by atoms with Crippen LogP contribution in [0.25, 0.3) is 11.5 Å². The number of carbonyl (C=O) groups is 1. The quantitative estimate of drug-likeness (QED) is 0.743. The third-order valence-corrected chi connectivity index (χ3v) is 3.35. The van der Waals surface area contributed by atoms with Gasteiger partial charge in [-0.1, -0.05) is 11.2 Å². The number of carbonyl (C=O) groups excluding carboxylic acids is 1. The molecule has 0 aliphatic heterocycles. The van der Waals surface area contributed by atoms with Crippen molar-refractivity contribution in [1.29, 1.82) is 0 Å². The van der Waals surface area contributed by atoms with E-state index in [0.29, 0.717) is 22.8 Å². The molecule has 2 aromatic heterocycles. The topological polar surface area (TPSA) is 73.3 Å². The van der Waals surface area contributed by atoms with E-state index in [1.54, 1.807) is 42.0 Å². The fraction of sp³-hybridized carbons (Fsp3) is 0.222. The molecular formula is C18H18N4O2. The first-order valence-corrected chi connectivity index (χ1v) is 7.71. The minimum Gasteiger partial charge on any atom is -0.334 e. The third kappa shape index (κ3) is 3.32. The van der Waals surface area contributed by atoms with Crippen LogP contribution in [0.5, 0.6) is 0 Å².